The molecule has 3 N–H and O–H groups in total. The molecule has 7 nitrogen and oxygen atoms in total. The lowest BCUT2D eigenvalue weighted by Gasteiger charge is -2.12. The molecule has 0 saturated carbocycles. The van der Waals surface area contributed by atoms with Crippen molar-refractivity contribution in [2.75, 3.05) is 23.8 Å². The summed E-state index contributed by atoms with van der Waals surface area (Å²) < 4.78 is 5.36. The molecule has 7 heteroatoms. The minimum absolute atomic E-state index is 0.163. The molecule has 1 amide bonds. The summed E-state index contributed by atoms with van der Waals surface area (Å²) in [4.78, 5) is 22.7. The highest BCUT2D eigenvalue weighted by Gasteiger charge is 2.09. The Bertz CT molecular complexity index is 785. The topological polar surface area (TPSA) is 111 Å². The van der Waals surface area contributed by atoms with Crippen LogP contribution in [0.15, 0.2) is 48.5 Å². The molecule has 0 saturated heterocycles. The van der Waals surface area contributed by atoms with Gasteiger partial charge in [0.05, 0.1) is 29.6 Å². The Balaban J connectivity index is 1.95. The van der Waals surface area contributed by atoms with E-state index in [9.17, 15) is 9.59 Å². The minimum Gasteiger partial charge on any atom is -0.480 e. The van der Waals surface area contributed by atoms with Crippen LogP contribution in [0.5, 0.6) is 0 Å². The van der Waals surface area contributed by atoms with Crippen molar-refractivity contribution in [2.24, 2.45) is 0 Å². The van der Waals surface area contributed by atoms with Crippen LogP contribution >= 0.6 is 0 Å². The summed E-state index contributed by atoms with van der Waals surface area (Å²) in [6, 6.07) is 16.0. The molecular weight excluding hydrogens is 322 g/mol. The molecule has 0 atom stereocenters. The van der Waals surface area contributed by atoms with Gasteiger partial charge in [0.2, 0.25) is 5.91 Å². The first kappa shape index (κ1) is 18.0. The van der Waals surface area contributed by atoms with Crippen LogP contribution in [-0.2, 0) is 20.9 Å². The van der Waals surface area contributed by atoms with E-state index in [-0.39, 0.29) is 13.2 Å². The van der Waals surface area contributed by atoms with Gasteiger partial charge in [-0.1, -0.05) is 30.3 Å². The van der Waals surface area contributed by atoms with Crippen LogP contribution in [-0.4, -0.2) is 30.1 Å². The average Bonchev–Trinajstić information content (AvgIpc) is 2.61. The zero-order valence-corrected chi connectivity index (χ0v) is 13.4. The third-order valence-corrected chi connectivity index (χ3v) is 3.20. The second-order valence-electron chi connectivity index (χ2n) is 5.15. The number of rotatable bonds is 8. The van der Waals surface area contributed by atoms with Crippen LogP contribution in [0.2, 0.25) is 0 Å². The third kappa shape index (κ3) is 5.97. The molecule has 0 aliphatic heterocycles. The van der Waals surface area contributed by atoms with Crippen molar-refractivity contribution < 1.29 is 19.4 Å². The van der Waals surface area contributed by atoms with E-state index in [0.29, 0.717) is 23.5 Å². The first-order valence-corrected chi connectivity index (χ1v) is 7.50. The Morgan fingerprint density at radius 3 is 2.56 bits per heavy atom. The molecule has 0 radical (unpaired) electrons. The van der Waals surface area contributed by atoms with Gasteiger partial charge in [0, 0.05) is 0 Å². The fourth-order valence-electron chi connectivity index (χ4n) is 2.06. The Labute approximate surface area is 144 Å². The van der Waals surface area contributed by atoms with Crippen LogP contribution in [0.25, 0.3) is 0 Å². The Morgan fingerprint density at radius 2 is 1.88 bits per heavy atom. The highest BCUT2D eigenvalue weighted by Crippen LogP contribution is 2.23. The molecular formula is C18H17N3O4. The maximum absolute atomic E-state index is 12.0. The van der Waals surface area contributed by atoms with Crippen molar-refractivity contribution in [2.45, 2.75) is 6.61 Å². The van der Waals surface area contributed by atoms with Crippen molar-refractivity contribution in [3.8, 4) is 6.07 Å². The predicted molar refractivity (Wildman–Crippen MR) is 92.0 cm³/mol. The number of hydrogen-bond donors (Lipinski definition) is 3. The molecule has 0 unspecified atom stereocenters. The fourth-order valence-corrected chi connectivity index (χ4v) is 2.06. The van der Waals surface area contributed by atoms with Crippen LogP contribution in [0.1, 0.15) is 11.1 Å². The summed E-state index contributed by atoms with van der Waals surface area (Å²) in [6.07, 6.45) is 0. The SMILES string of the molecule is N#Cc1ccc(NCC(=O)O)c(NC(=O)COCc2ccccc2)c1. The molecule has 25 heavy (non-hydrogen) atoms. The molecule has 128 valence electrons. The van der Waals surface area contributed by atoms with Crippen molar-refractivity contribution in [3.05, 3.63) is 59.7 Å². The van der Waals surface area contributed by atoms with Crippen molar-refractivity contribution in [3.63, 3.8) is 0 Å². The number of anilines is 2. The maximum atomic E-state index is 12.0. The number of aliphatic carboxylic acids is 1. The highest BCUT2D eigenvalue weighted by molar-refractivity contribution is 5.95. The summed E-state index contributed by atoms with van der Waals surface area (Å²) in [7, 11) is 0. The second kappa shape index (κ2) is 9.05. The first-order valence-electron chi connectivity index (χ1n) is 7.50. The number of carboxylic acid groups (broad SMARTS) is 1. The quantitative estimate of drug-likeness (QED) is 0.680. The second-order valence-corrected chi connectivity index (χ2v) is 5.15. The molecule has 2 rings (SSSR count). The zero-order chi connectivity index (χ0) is 18.1. The Hall–Kier alpha value is -3.37. The summed E-state index contributed by atoms with van der Waals surface area (Å²) in [6.45, 7) is -0.167. The van der Waals surface area contributed by atoms with Gasteiger partial charge < -0.3 is 20.5 Å². The first-order chi connectivity index (χ1) is 12.1. The van der Waals surface area contributed by atoms with Gasteiger partial charge in [-0.05, 0) is 23.8 Å². The van der Waals surface area contributed by atoms with Crippen molar-refractivity contribution >= 4 is 23.3 Å². The summed E-state index contributed by atoms with van der Waals surface area (Å²) in [5, 5.41) is 23.0. The smallest absolute Gasteiger partial charge is 0.322 e. The van der Waals surface area contributed by atoms with Crippen LogP contribution in [0, 0.1) is 11.3 Å². The highest BCUT2D eigenvalue weighted by atomic mass is 16.5. The summed E-state index contributed by atoms with van der Waals surface area (Å²) in [5.74, 6) is -1.43. The number of nitrogens with one attached hydrogen (secondary N) is 2. The van der Waals surface area contributed by atoms with Gasteiger partial charge in [0.15, 0.2) is 0 Å². The van der Waals surface area contributed by atoms with Gasteiger partial charge in [0.1, 0.15) is 13.2 Å². The number of carboxylic acids is 1. The van der Waals surface area contributed by atoms with E-state index in [1.54, 1.807) is 6.07 Å². The normalized spacial score (nSPS) is 9.88. The summed E-state index contributed by atoms with van der Waals surface area (Å²) >= 11 is 0. The molecule has 0 spiro atoms. The van der Waals surface area contributed by atoms with E-state index in [0.717, 1.165) is 5.56 Å². The molecule has 0 aliphatic rings. The molecule has 0 heterocycles. The third-order valence-electron chi connectivity index (χ3n) is 3.20. The molecule has 0 fully saturated rings. The van der Waals surface area contributed by atoms with E-state index in [1.165, 1.54) is 12.1 Å². The van der Waals surface area contributed by atoms with Gasteiger partial charge >= 0.3 is 5.97 Å². The molecule has 0 aromatic heterocycles. The van der Waals surface area contributed by atoms with Crippen LogP contribution in [0.4, 0.5) is 11.4 Å². The lowest BCUT2D eigenvalue weighted by atomic mass is 10.2. The van der Waals surface area contributed by atoms with E-state index in [2.05, 4.69) is 10.6 Å². The number of carbonyl (C=O) groups is 2. The average molecular weight is 339 g/mol. The monoisotopic (exact) mass is 339 g/mol. The van der Waals surface area contributed by atoms with Crippen LogP contribution < -0.4 is 10.6 Å². The van der Waals surface area contributed by atoms with E-state index in [1.807, 2.05) is 36.4 Å². The van der Waals surface area contributed by atoms with Gasteiger partial charge in [-0.25, -0.2) is 0 Å². The molecule has 0 bridgehead atoms. The predicted octanol–water partition coefficient (Wildman–Crippen LogP) is 2.21. The lowest BCUT2D eigenvalue weighted by Crippen LogP contribution is -2.20. The maximum Gasteiger partial charge on any atom is 0.322 e. The van der Waals surface area contributed by atoms with Gasteiger partial charge in [-0.3, -0.25) is 9.59 Å². The Kier molecular flexibility index (Phi) is 6.51. The number of nitriles is 1. The number of ether oxygens (including phenoxy) is 1. The molecule has 0 aliphatic carbocycles. The number of nitrogens with zero attached hydrogens (tertiary/aromatic N) is 1. The van der Waals surface area contributed by atoms with Gasteiger partial charge in [0.25, 0.3) is 0 Å². The largest absolute Gasteiger partial charge is 0.480 e. The fraction of sp³-hybridized carbons (Fsp3) is 0.167. The number of hydrogen-bond acceptors (Lipinski definition) is 5. The van der Waals surface area contributed by atoms with Crippen LogP contribution in [0.3, 0.4) is 0 Å². The minimum atomic E-state index is -1.03. The number of benzene rings is 2. The van der Waals surface area contributed by atoms with E-state index < -0.39 is 11.9 Å². The number of carbonyl (C=O) groups excluding carboxylic acids is 1. The molecule has 2 aromatic rings. The molecule has 2 aromatic carbocycles. The van der Waals surface area contributed by atoms with E-state index >= 15 is 0 Å². The number of amides is 1. The van der Waals surface area contributed by atoms with Gasteiger partial charge in [-0.15, -0.1) is 0 Å². The van der Waals surface area contributed by atoms with Crippen molar-refractivity contribution in [1.29, 1.82) is 5.26 Å². The van der Waals surface area contributed by atoms with Crippen molar-refractivity contribution in [1.82, 2.24) is 0 Å². The standard InChI is InChI=1S/C18H17N3O4/c19-9-14-6-7-15(20-10-18(23)24)16(8-14)21-17(22)12-25-11-13-4-2-1-3-5-13/h1-8,20H,10-12H2,(H,21,22)(H,23,24). The van der Waals surface area contributed by atoms with E-state index in [4.69, 9.17) is 15.1 Å². The lowest BCUT2D eigenvalue weighted by molar-refractivity contribution is -0.135. The Morgan fingerprint density at radius 1 is 1.12 bits per heavy atom. The zero-order valence-electron chi connectivity index (χ0n) is 13.4. The summed E-state index contributed by atoms with van der Waals surface area (Å²) in [5.41, 5.74) is 2.04. The van der Waals surface area contributed by atoms with Gasteiger partial charge in [-0.2, -0.15) is 5.26 Å².